The normalized spacial score (nSPS) is 38.7. The van der Waals surface area contributed by atoms with Crippen LogP contribution in [0.25, 0.3) is 0 Å². The maximum Gasteiger partial charge on any atom is 0.160 e. The summed E-state index contributed by atoms with van der Waals surface area (Å²) in [5.74, 6) is 2.94. The summed E-state index contributed by atoms with van der Waals surface area (Å²) >= 11 is 6.26. The molecule has 0 aromatic carbocycles. The predicted octanol–water partition coefficient (Wildman–Crippen LogP) is 6.74. The third kappa shape index (κ3) is 3.65. The van der Waals surface area contributed by atoms with Crippen molar-refractivity contribution < 1.29 is 4.39 Å². The van der Waals surface area contributed by atoms with Crippen molar-refractivity contribution >= 4 is 11.6 Å². The topological polar surface area (TPSA) is 0 Å². The van der Waals surface area contributed by atoms with Crippen molar-refractivity contribution in [2.24, 2.45) is 23.7 Å². The maximum absolute atomic E-state index is 14.1. The summed E-state index contributed by atoms with van der Waals surface area (Å²) in [6.07, 6.45) is 15.0. The van der Waals surface area contributed by atoms with Gasteiger partial charge in [0.15, 0.2) is 6.17 Å². The van der Waals surface area contributed by atoms with E-state index in [2.05, 4.69) is 19.2 Å². The highest BCUT2D eigenvalue weighted by Gasteiger charge is 2.33. The van der Waals surface area contributed by atoms with Gasteiger partial charge in [-0.1, -0.05) is 36.4 Å². The first-order chi connectivity index (χ1) is 11.1. The van der Waals surface area contributed by atoms with E-state index in [9.17, 15) is 4.39 Å². The minimum Gasteiger partial charge on any atom is -0.236 e. The highest BCUT2D eigenvalue weighted by molar-refractivity contribution is 6.31. The summed E-state index contributed by atoms with van der Waals surface area (Å²) in [7, 11) is 0. The van der Waals surface area contributed by atoms with E-state index < -0.39 is 6.17 Å². The van der Waals surface area contributed by atoms with Gasteiger partial charge in [0.25, 0.3) is 0 Å². The van der Waals surface area contributed by atoms with Gasteiger partial charge < -0.3 is 0 Å². The number of hydrogen-bond donors (Lipinski definition) is 0. The van der Waals surface area contributed by atoms with Crippen LogP contribution in [-0.2, 0) is 0 Å². The smallest absolute Gasteiger partial charge is 0.160 e. The standard InChI is InChI=1S/C21H28ClF/c1-3-15-5-7-16(8-6-15)17-9-11-18(12-10-17)19-13-4-14(2)21(23)20(19)22/h3-4,13,15-18,21H,1-2,5-12H2. The second-order valence-corrected chi connectivity index (χ2v) is 8.00. The minimum atomic E-state index is -1.19. The third-order valence-electron chi connectivity index (χ3n) is 6.33. The molecule has 0 bridgehead atoms. The number of allylic oxidation sites excluding steroid dienone is 6. The van der Waals surface area contributed by atoms with Crippen molar-refractivity contribution in [3.05, 3.63) is 47.6 Å². The Hall–Kier alpha value is -0.820. The molecule has 2 heteroatoms. The lowest BCUT2D eigenvalue weighted by molar-refractivity contribution is 0.164. The van der Waals surface area contributed by atoms with Crippen LogP contribution in [0.15, 0.2) is 47.6 Å². The molecule has 126 valence electrons. The molecule has 0 spiro atoms. The lowest BCUT2D eigenvalue weighted by Gasteiger charge is -2.38. The molecule has 3 aliphatic carbocycles. The Bertz CT molecular complexity index is 514. The van der Waals surface area contributed by atoms with Crippen LogP contribution < -0.4 is 0 Å². The van der Waals surface area contributed by atoms with Gasteiger partial charge in [-0.05, 0) is 86.2 Å². The van der Waals surface area contributed by atoms with Gasteiger partial charge in [0.05, 0.1) is 5.03 Å². The Morgan fingerprint density at radius 1 is 0.957 bits per heavy atom. The van der Waals surface area contributed by atoms with Gasteiger partial charge in [0.1, 0.15) is 0 Å². The first kappa shape index (κ1) is 17.0. The second-order valence-electron chi connectivity index (χ2n) is 7.60. The summed E-state index contributed by atoms with van der Waals surface area (Å²) in [6.45, 7) is 7.67. The van der Waals surface area contributed by atoms with E-state index in [0.717, 1.165) is 36.2 Å². The van der Waals surface area contributed by atoms with Crippen LogP contribution >= 0.6 is 11.6 Å². The zero-order valence-corrected chi connectivity index (χ0v) is 14.7. The number of halogens is 2. The fourth-order valence-electron chi connectivity index (χ4n) is 4.75. The fourth-order valence-corrected chi connectivity index (χ4v) is 5.11. The van der Waals surface area contributed by atoms with Gasteiger partial charge in [0, 0.05) is 0 Å². The van der Waals surface area contributed by atoms with Crippen LogP contribution in [-0.4, -0.2) is 6.17 Å². The quantitative estimate of drug-likeness (QED) is 0.501. The summed E-state index contributed by atoms with van der Waals surface area (Å²) in [5, 5.41) is 0.382. The Balaban J connectivity index is 1.56. The van der Waals surface area contributed by atoms with E-state index in [4.69, 9.17) is 11.6 Å². The Morgan fingerprint density at radius 3 is 2.09 bits per heavy atom. The molecule has 2 saturated carbocycles. The molecule has 3 aliphatic rings. The van der Waals surface area contributed by atoms with Crippen LogP contribution in [0.5, 0.6) is 0 Å². The average molecular weight is 335 g/mol. The van der Waals surface area contributed by atoms with E-state index in [0.29, 0.717) is 16.5 Å². The number of rotatable bonds is 3. The molecular weight excluding hydrogens is 307 g/mol. The summed E-state index contributed by atoms with van der Waals surface area (Å²) in [4.78, 5) is 0. The average Bonchev–Trinajstić information content (AvgIpc) is 2.60. The van der Waals surface area contributed by atoms with Crippen LogP contribution in [0.2, 0.25) is 0 Å². The lowest BCUT2D eigenvalue weighted by atomic mass is 9.68. The Morgan fingerprint density at radius 2 is 1.52 bits per heavy atom. The minimum absolute atomic E-state index is 0.382. The van der Waals surface area contributed by atoms with Crippen molar-refractivity contribution in [3.63, 3.8) is 0 Å². The summed E-state index contributed by atoms with van der Waals surface area (Å²) in [5.41, 5.74) is 1.51. The molecule has 23 heavy (non-hydrogen) atoms. The molecule has 0 aromatic rings. The van der Waals surface area contributed by atoms with E-state index >= 15 is 0 Å². The second kappa shape index (κ2) is 7.38. The third-order valence-corrected chi connectivity index (χ3v) is 6.74. The molecule has 1 atom stereocenters. The molecule has 0 heterocycles. The molecule has 0 nitrogen and oxygen atoms in total. The van der Waals surface area contributed by atoms with Crippen LogP contribution in [0.4, 0.5) is 4.39 Å². The molecule has 0 aliphatic heterocycles. The molecule has 0 N–H and O–H groups in total. The molecule has 0 amide bonds. The maximum atomic E-state index is 14.1. The monoisotopic (exact) mass is 334 g/mol. The Kier molecular flexibility index (Phi) is 5.46. The highest BCUT2D eigenvalue weighted by atomic mass is 35.5. The van der Waals surface area contributed by atoms with Crippen LogP contribution in [0.3, 0.4) is 0 Å². The SMILES string of the molecule is C=CC1CCC(C2CCC(C3=C(Cl)C(F)C(=C)C=C3)CC2)CC1. The summed E-state index contributed by atoms with van der Waals surface area (Å²) < 4.78 is 14.1. The Labute approximate surface area is 145 Å². The van der Waals surface area contributed by atoms with Crippen LogP contribution in [0, 0.1) is 23.7 Å². The predicted molar refractivity (Wildman–Crippen MR) is 97.1 cm³/mol. The van der Waals surface area contributed by atoms with Crippen molar-refractivity contribution in [2.75, 3.05) is 0 Å². The van der Waals surface area contributed by atoms with Crippen LogP contribution in [0.1, 0.15) is 51.4 Å². The van der Waals surface area contributed by atoms with Gasteiger partial charge in [-0.2, -0.15) is 0 Å². The molecule has 0 saturated heterocycles. The first-order valence-electron chi connectivity index (χ1n) is 9.13. The molecule has 2 fully saturated rings. The molecular formula is C21H28ClF. The fraction of sp³-hybridized carbons (Fsp3) is 0.619. The number of alkyl halides is 1. The van der Waals surface area contributed by atoms with E-state index in [1.165, 1.54) is 38.5 Å². The van der Waals surface area contributed by atoms with E-state index in [1.54, 1.807) is 6.08 Å². The van der Waals surface area contributed by atoms with E-state index in [-0.39, 0.29) is 0 Å². The lowest BCUT2D eigenvalue weighted by Crippen LogP contribution is -2.26. The molecule has 0 radical (unpaired) electrons. The zero-order valence-electron chi connectivity index (χ0n) is 13.9. The first-order valence-corrected chi connectivity index (χ1v) is 9.51. The molecule has 1 unspecified atom stereocenters. The highest BCUT2D eigenvalue weighted by Crippen LogP contribution is 2.45. The van der Waals surface area contributed by atoms with Gasteiger partial charge in [-0.15, -0.1) is 6.58 Å². The van der Waals surface area contributed by atoms with Gasteiger partial charge in [-0.3, -0.25) is 0 Å². The van der Waals surface area contributed by atoms with Gasteiger partial charge in [0.2, 0.25) is 0 Å². The molecule has 0 aromatic heterocycles. The van der Waals surface area contributed by atoms with Crippen molar-refractivity contribution in [3.8, 4) is 0 Å². The summed E-state index contributed by atoms with van der Waals surface area (Å²) in [6, 6.07) is 0. The largest absolute Gasteiger partial charge is 0.236 e. The van der Waals surface area contributed by atoms with E-state index in [1.807, 2.05) is 6.08 Å². The zero-order chi connectivity index (χ0) is 16.4. The molecule has 3 rings (SSSR count). The number of hydrogen-bond acceptors (Lipinski definition) is 0. The van der Waals surface area contributed by atoms with Gasteiger partial charge in [-0.25, -0.2) is 4.39 Å². The van der Waals surface area contributed by atoms with Gasteiger partial charge >= 0.3 is 0 Å². The van der Waals surface area contributed by atoms with Crippen molar-refractivity contribution in [1.82, 2.24) is 0 Å². The van der Waals surface area contributed by atoms with Crippen molar-refractivity contribution in [1.29, 1.82) is 0 Å². The van der Waals surface area contributed by atoms with Crippen molar-refractivity contribution in [2.45, 2.75) is 57.5 Å².